The Kier molecular flexibility index (Phi) is 4.61. The first-order valence-corrected chi connectivity index (χ1v) is 7.61. The van der Waals surface area contributed by atoms with Crippen molar-refractivity contribution in [1.29, 1.82) is 0 Å². The van der Waals surface area contributed by atoms with E-state index in [2.05, 4.69) is 10.5 Å². The molecule has 0 unspecified atom stereocenters. The van der Waals surface area contributed by atoms with Crippen LogP contribution in [0.25, 0.3) is 11.3 Å². The van der Waals surface area contributed by atoms with Crippen LogP contribution in [0.5, 0.6) is 0 Å². The van der Waals surface area contributed by atoms with E-state index in [0.717, 1.165) is 28.3 Å². The van der Waals surface area contributed by atoms with Crippen LogP contribution in [-0.4, -0.2) is 18.2 Å². The van der Waals surface area contributed by atoms with Gasteiger partial charge in [0, 0.05) is 17.3 Å². The lowest BCUT2D eigenvalue weighted by molar-refractivity contribution is 0.0601. The fourth-order valence-corrected chi connectivity index (χ4v) is 2.38. The second-order valence-electron chi connectivity index (χ2n) is 5.42. The number of methoxy groups -OCH3 is 1. The Morgan fingerprint density at radius 2 is 1.96 bits per heavy atom. The molecule has 24 heavy (non-hydrogen) atoms. The topological polar surface area (TPSA) is 64.4 Å². The number of nitrogens with zero attached hydrogens (tertiary/aromatic N) is 1. The van der Waals surface area contributed by atoms with Crippen molar-refractivity contribution in [2.75, 3.05) is 12.4 Å². The summed E-state index contributed by atoms with van der Waals surface area (Å²) >= 11 is 0. The molecule has 5 heteroatoms. The van der Waals surface area contributed by atoms with Crippen molar-refractivity contribution in [1.82, 2.24) is 5.16 Å². The summed E-state index contributed by atoms with van der Waals surface area (Å²) < 4.78 is 10.1. The lowest BCUT2D eigenvalue weighted by Gasteiger charge is -2.09. The number of nitrogens with one attached hydrogen (secondary N) is 1. The van der Waals surface area contributed by atoms with Crippen LogP contribution in [-0.2, 0) is 11.3 Å². The van der Waals surface area contributed by atoms with E-state index in [-0.39, 0.29) is 5.97 Å². The first kappa shape index (κ1) is 15.8. The minimum Gasteiger partial charge on any atom is -0.465 e. The summed E-state index contributed by atoms with van der Waals surface area (Å²) in [7, 11) is 1.37. The Morgan fingerprint density at radius 3 is 2.71 bits per heavy atom. The summed E-state index contributed by atoms with van der Waals surface area (Å²) in [5, 5.41) is 7.36. The number of benzene rings is 2. The number of rotatable bonds is 5. The van der Waals surface area contributed by atoms with Gasteiger partial charge >= 0.3 is 5.97 Å². The number of hydrogen-bond acceptors (Lipinski definition) is 5. The number of esters is 1. The molecule has 0 saturated heterocycles. The van der Waals surface area contributed by atoms with Crippen LogP contribution >= 0.6 is 0 Å². The maximum absolute atomic E-state index is 11.6. The fraction of sp³-hybridized carbons (Fsp3) is 0.158. The smallest absolute Gasteiger partial charge is 0.337 e. The normalized spacial score (nSPS) is 10.4. The summed E-state index contributed by atoms with van der Waals surface area (Å²) in [6.07, 6.45) is 0. The SMILES string of the molecule is COC(=O)c1ccc(C)c(NCc2cc(-c3ccccc3)no2)c1. The van der Waals surface area contributed by atoms with Crippen molar-refractivity contribution in [2.45, 2.75) is 13.5 Å². The molecule has 0 aliphatic carbocycles. The van der Waals surface area contributed by atoms with Crippen LogP contribution in [0.15, 0.2) is 59.1 Å². The van der Waals surface area contributed by atoms with Gasteiger partial charge in [0.25, 0.3) is 0 Å². The van der Waals surface area contributed by atoms with Crippen molar-refractivity contribution in [2.24, 2.45) is 0 Å². The molecule has 3 aromatic rings. The number of aryl methyl sites for hydroxylation is 1. The quantitative estimate of drug-likeness (QED) is 0.718. The van der Waals surface area contributed by atoms with Crippen LogP contribution < -0.4 is 5.32 Å². The lowest BCUT2D eigenvalue weighted by atomic mass is 10.1. The standard InChI is InChI=1S/C19H18N2O3/c1-13-8-9-15(19(22)23-2)10-17(13)20-12-16-11-18(21-24-16)14-6-4-3-5-7-14/h3-11,20H,12H2,1-2H3. The Balaban J connectivity index is 1.72. The number of carbonyl (C=O) groups excluding carboxylic acids is 1. The highest BCUT2D eigenvalue weighted by atomic mass is 16.5. The van der Waals surface area contributed by atoms with Crippen molar-refractivity contribution >= 4 is 11.7 Å². The summed E-state index contributed by atoms with van der Waals surface area (Å²) in [4.78, 5) is 11.6. The van der Waals surface area contributed by atoms with Gasteiger partial charge in [-0.05, 0) is 24.6 Å². The van der Waals surface area contributed by atoms with Crippen LogP contribution in [0, 0.1) is 6.92 Å². The third-order valence-corrected chi connectivity index (χ3v) is 3.74. The molecule has 0 spiro atoms. The molecule has 0 radical (unpaired) electrons. The Bertz CT molecular complexity index is 841. The molecule has 0 amide bonds. The van der Waals surface area contributed by atoms with E-state index >= 15 is 0 Å². The molecule has 0 aliphatic heterocycles. The van der Waals surface area contributed by atoms with E-state index < -0.39 is 0 Å². The van der Waals surface area contributed by atoms with Crippen molar-refractivity contribution in [3.05, 3.63) is 71.5 Å². The van der Waals surface area contributed by atoms with Crippen molar-refractivity contribution in [3.8, 4) is 11.3 Å². The van der Waals surface area contributed by atoms with Gasteiger partial charge in [0.2, 0.25) is 0 Å². The molecule has 0 atom stereocenters. The molecule has 0 aliphatic rings. The predicted molar refractivity (Wildman–Crippen MR) is 91.8 cm³/mol. The molecule has 3 rings (SSSR count). The molecule has 1 heterocycles. The van der Waals surface area contributed by atoms with Crippen LogP contribution in [0.4, 0.5) is 5.69 Å². The van der Waals surface area contributed by atoms with E-state index in [9.17, 15) is 4.79 Å². The highest BCUT2D eigenvalue weighted by Crippen LogP contribution is 2.21. The van der Waals surface area contributed by atoms with Gasteiger partial charge in [-0.25, -0.2) is 4.79 Å². The number of aromatic nitrogens is 1. The van der Waals surface area contributed by atoms with Gasteiger partial charge in [-0.2, -0.15) is 0 Å². The van der Waals surface area contributed by atoms with Crippen molar-refractivity contribution < 1.29 is 14.1 Å². The zero-order valence-electron chi connectivity index (χ0n) is 13.6. The average molecular weight is 322 g/mol. The second-order valence-corrected chi connectivity index (χ2v) is 5.42. The number of carbonyl (C=O) groups is 1. The molecule has 2 aromatic carbocycles. The van der Waals surface area contributed by atoms with Gasteiger partial charge in [0.05, 0.1) is 19.2 Å². The van der Waals surface area contributed by atoms with Gasteiger partial charge in [-0.3, -0.25) is 0 Å². The first-order chi connectivity index (χ1) is 11.7. The molecular formula is C19H18N2O3. The molecule has 1 aromatic heterocycles. The minimum atomic E-state index is -0.357. The number of hydrogen-bond donors (Lipinski definition) is 1. The van der Waals surface area contributed by atoms with Crippen molar-refractivity contribution in [3.63, 3.8) is 0 Å². The third-order valence-electron chi connectivity index (χ3n) is 3.74. The molecule has 0 fully saturated rings. The summed E-state index contributed by atoms with van der Waals surface area (Å²) in [6.45, 7) is 2.45. The lowest BCUT2D eigenvalue weighted by Crippen LogP contribution is -2.05. The second kappa shape index (κ2) is 7.00. The molecule has 1 N–H and O–H groups in total. The highest BCUT2D eigenvalue weighted by molar-refractivity contribution is 5.90. The average Bonchev–Trinajstić information content (AvgIpc) is 3.10. The zero-order valence-corrected chi connectivity index (χ0v) is 13.6. The van der Waals surface area contributed by atoms with E-state index in [1.54, 1.807) is 12.1 Å². The van der Waals surface area contributed by atoms with E-state index in [0.29, 0.717) is 12.1 Å². The third kappa shape index (κ3) is 3.46. The molecular weight excluding hydrogens is 304 g/mol. The van der Waals surface area contributed by atoms with Gasteiger partial charge in [-0.15, -0.1) is 0 Å². The van der Waals surface area contributed by atoms with Gasteiger partial charge < -0.3 is 14.6 Å². The van der Waals surface area contributed by atoms with Crippen LogP contribution in [0.3, 0.4) is 0 Å². The summed E-state index contributed by atoms with van der Waals surface area (Å²) in [5.74, 6) is 0.362. The largest absolute Gasteiger partial charge is 0.465 e. The predicted octanol–water partition coefficient (Wildman–Crippen LogP) is 4.05. The van der Waals surface area contributed by atoms with E-state index in [4.69, 9.17) is 9.26 Å². The Labute approximate surface area is 140 Å². The van der Waals surface area contributed by atoms with Crippen LogP contribution in [0.1, 0.15) is 21.7 Å². The molecule has 5 nitrogen and oxygen atoms in total. The van der Waals surface area contributed by atoms with Gasteiger partial charge in [0.15, 0.2) is 5.76 Å². The fourth-order valence-electron chi connectivity index (χ4n) is 2.38. The number of ether oxygens (including phenoxy) is 1. The van der Waals surface area contributed by atoms with Crippen LogP contribution in [0.2, 0.25) is 0 Å². The Hall–Kier alpha value is -3.08. The molecule has 0 saturated carbocycles. The first-order valence-electron chi connectivity index (χ1n) is 7.61. The summed E-state index contributed by atoms with van der Waals surface area (Å²) in [6, 6.07) is 17.2. The molecule has 122 valence electrons. The van der Waals surface area contributed by atoms with Gasteiger partial charge in [-0.1, -0.05) is 41.6 Å². The maximum atomic E-state index is 11.6. The Morgan fingerprint density at radius 1 is 1.17 bits per heavy atom. The number of anilines is 1. The molecule has 0 bridgehead atoms. The maximum Gasteiger partial charge on any atom is 0.337 e. The zero-order chi connectivity index (χ0) is 16.9. The highest BCUT2D eigenvalue weighted by Gasteiger charge is 2.10. The van der Waals surface area contributed by atoms with E-state index in [1.807, 2.05) is 49.4 Å². The minimum absolute atomic E-state index is 0.357. The summed E-state index contributed by atoms with van der Waals surface area (Å²) in [5.41, 5.74) is 4.21. The van der Waals surface area contributed by atoms with Gasteiger partial charge in [0.1, 0.15) is 5.69 Å². The monoisotopic (exact) mass is 322 g/mol. The van der Waals surface area contributed by atoms with E-state index in [1.165, 1.54) is 7.11 Å².